The van der Waals surface area contributed by atoms with Gasteiger partial charge < -0.3 is 16.0 Å². The van der Waals surface area contributed by atoms with Crippen LogP contribution in [0.25, 0.3) is 0 Å². The van der Waals surface area contributed by atoms with E-state index in [9.17, 15) is 9.59 Å². The molecule has 3 N–H and O–H groups in total. The smallest absolute Gasteiger partial charge is 0.253 e. The predicted octanol–water partition coefficient (Wildman–Crippen LogP) is 1.23. The Morgan fingerprint density at radius 3 is 2.69 bits per heavy atom. The third-order valence-electron chi connectivity index (χ3n) is 4.74. The van der Waals surface area contributed by atoms with Crippen LogP contribution < -0.4 is 11.1 Å². The van der Waals surface area contributed by atoms with Gasteiger partial charge in [-0.25, -0.2) is 0 Å². The molecule has 1 aromatic heterocycles. The maximum Gasteiger partial charge on any atom is 0.253 e. The average Bonchev–Trinajstić information content (AvgIpc) is 3.17. The van der Waals surface area contributed by atoms with Crippen molar-refractivity contribution in [1.29, 1.82) is 0 Å². The molecule has 3 rings (SSSR count). The van der Waals surface area contributed by atoms with E-state index in [0.717, 1.165) is 12.0 Å². The summed E-state index contributed by atoms with van der Waals surface area (Å²) in [4.78, 5) is 31.4. The lowest BCUT2D eigenvalue weighted by Crippen LogP contribution is -2.49. The Bertz CT molecular complexity index is 736. The van der Waals surface area contributed by atoms with E-state index >= 15 is 0 Å². The Labute approximate surface area is 153 Å². The summed E-state index contributed by atoms with van der Waals surface area (Å²) in [5.74, 6) is -0.00523. The summed E-state index contributed by atoms with van der Waals surface area (Å²) in [5, 5.41) is 2.89. The van der Waals surface area contributed by atoms with Gasteiger partial charge >= 0.3 is 0 Å². The number of rotatable bonds is 6. The summed E-state index contributed by atoms with van der Waals surface area (Å²) in [7, 11) is 0. The van der Waals surface area contributed by atoms with E-state index in [1.807, 2.05) is 35.2 Å². The molecule has 1 aliphatic rings. The number of nitrogens with one attached hydrogen (secondary N) is 1. The Morgan fingerprint density at radius 2 is 2.04 bits per heavy atom. The van der Waals surface area contributed by atoms with Crippen molar-refractivity contribution in [2.75, 3.05) is 19.6 Å². The van der Waals surface area contributed by atoms with Crippen molar-refractivity contribution in [3.63, 3.8) is 0 Å². The maximum atomic E-state index is 13.0. The highest BCUT2D eigenvalue weighted by Gasteiger charge is 2.31. The number of pyridine rings is 1. The van der Waals surface area contributed by atoms with E-state index in [1.165, 1.54) is 6.20 Å². The third-order valence-corrected chi connectivity index (χ3v) is 4.74. The molecule has 26 heavy (non-hydrogen) atoms. The van der Waals surface area contributed by atoms with Gasteiger partial charge in [-0.1, -0.05) is 30.3 Å². The van der Waals surface area contributed by atoms with Gasteiger partial charge in [0.05, 0.1) is 5.56 Å². The van der Waals surface area contributed by atoms with Crippen LogP contribution in [0.3, 0.4) is 0 Å². The van der Waals surface area contributed by atoms with Crippen molar-refractivity contribution in [2.45, 2.75) is 18.9 Å². The minimum atomic E-state index is -0.610. The molecule has 0 aliphatic carbocycles. The molecule has 1 fully saturated rings. The monoisotopic (exact) mass is 352 g/mol. The van der Waals surface area contributed by atoms with Crippen LogP contribution >= 0.6 is 0 Å². The van der Waals surface area contributed by atoms with E-state index in [-0.39, 0.29) is 11.8 Å². The molecule has 1 aliphatic heterocycles. The zero-order valence-electron chi connectivity index (χ0n) is 14.7. The van der Waals surface area contributed by atoms with Crippen molar-refractivity contribution in [3.8, 4) is 0 Å². The van der Waals surface area contributed by atoms with Crippen LogP contribution in [-0.2, 0) is 11.2 Å². The zero-order valence-corrected chi connectivity index (χ0v) is 14.7. The Hall–Kier alpha value is -2.73. The standard InChI is InChI=1S/C20H24N4O2/c21-12-16-8-10-24(14-16)20(26)18(11-15-5-2-1-3-6-15)23-19(25)17-7-4-9-22-13-17/h1-7,9,13,16,18H,8,10-12,14,21H2,(H,23,25). The molecule has 2 aromatic rings. The fraction of sp³-hybridized carbons (Fsp3) is 0.350. The lowest BCUT2D eigenvalue weighted by atomic mass is 10.0. The molecule has 0 bridgehead atoms. The summed E-state index contributed by atoms with van der Waals surface area (Å²) in [5.41, 5.74) is 7.19. The largest absolute Gasteiger partial charge is 0.341 e. The van der Waals surface area contributed by atoms with Crippen molar-refractivity contribution in [1.82, 2.24) is 15.2 Å². The molecule has 2 heterocycles. The molecular weight excluding hydrogens is 328 g/mol. The molecule has 0 spiro atoms. The summed E-state index contributed by atoms with van der Waals surface area (Å²) < 4.78 is 0. The first kappa shape index (κ1) is 18.1. The van der Waals surface area contributed by atoms with E-state index in [2.05, 4.69) is 10.3 Å². The van der Waals surface area contributed by atoms with E-state index in [0.29, 0.717) is 37.5 Å². The first-order valence-corrected chi connectivity index (χ1v) is 8.91. The predicted molar refractivity (Wildman–Crippen MR) is 99.4 cm³/mol. The molecular formula is C20H24N4O2. The number of benzene rings is 1. The molecule has 0 radical (unpaired) electrons. The molecule has 1 aromatic carbocycles. The number of carbonyl (C=O) groups excluding carboxylic acids is 2. The summed E-state index contributed by atoms with van der Waals surface area (Å²) in [6, 6.07) is 12.5. The SMILES string of the molecule is NCC1CCN(C(=O)C(Cc2ccccc2)NC(=O)c2cccnc2)C1. The van der Waals surface area contributed by atoms with Gasteiger partial charge in [0.15, 0.2) is 0 Å². The minimum absolute atomic E-state index is 0.0537. The van der Waals surface area contributed by atoms with Crippen LogP contribution in [0.5, 0.6) is 0 Å². The third kappa shape index (κ3) is 4.46. The lowest BCUT2D eigenvalue weighted by molar-refractivity contribution is -0.132. The number of carbonyl (C=O) groups is 2. The van der Waals surface area contributed by atoms with E-state index in [4.69, 9.17) is 5.73 Å². The summed E-state index contributed by atoms with van der Waals surface area (Å²) in [6.45, 7) is 1.92. The van der Waals surface area contributed by atoms with Gasteiger partial charge in [-0.05, 0) is 36.6 Å². The molecule has 2 atom stereocenters. The average molecular weight is 352 g/mol. The number of hydrogen-bond donors (Lipinski definition) is 2. The molecule has 6 nitrogen and oxygen atoms in total. The van der Waals surface area contributed by atoms with Gasteiger partial charge in [-0.2, -0.15) is 0 Å². The van der Waals surface area contributed by atoms with Crippen molar-refractivity contribution >= 4 is 11.8 Å². The number of aromatic nitrogens is 1. The number of nitrogens with zero attached hydrogens (tertiary/aromatic N) is 2. The molecule has 136 valence electrons. The Kier molecular flexibility index (Phi) is 5.96. The number of hydrogen-bond acceptors (Lipinski definition) is 4. The second-order valence-electron chi connectivity index (χ2n) is 6.63. The van der Waals surface area contributed by atoms with Gasteiger partial charge in [0.2, 0.25) is 5.91 Å². The zero-order chi connectivity index (χ0) is 18.4. The number of amides is 2. The summed E-state index contributed by atoms with van der Waals surface area (Å²) >= 11 is 0. The molecule has 2 amide bonds. The van der Waals surface area contributed by atoms with Crippen LogP contribution in [0.4, 0.5) is 0 Å². The second-order valence-corrected chi connectivity index (χ2v) is 6.63. The highest BCUT2D eigenvalue weighted by molar-refractivity contribution is 5.97. The highest BCUT2D eigenvalue weighted by atomic mass is 16.2. The fourth-order valence-electron chi connectivity index (χ4n) is 3.23. The van der Waals surface area contributed by atoms with Crippen LogP contribution in [-0.4, -0.2) is 47.4 Å². The topological polar surface area (TPSA) is 88.3 Å². The molecule has 1 saturated heterocycles. The van der Waals surface area contributed by atoms with Crippen molar-refractivity contribution in [2.24, 2.45) is 11.7 Å². The number of nitrogens with two attached hydrogens (primary N) is 1. The maximum absolute atomic E-state index is 13.0. The normalized spacial score (nSPS) is 17.7. The van der Waals surface area contributed by atoms with Crippen molar-refractivity contribution in [3.05, 3.63) is 66.0 Å². The van der Waals surface area contributed by atoms with Gasteiger partial charge in [0.1, 0.15) is 6.04 Å². The summed E-state index contributed by atoms with van der Waals surface area (Å²) in [6.07, 6.45) is 4.48. The number of likely N-dealkylation sites (tertiary alicyclic amines) is 1. The first-order valence-electron chi connectivity index (χ1n) is 8.91. The van der Waals surface area contributed by atoms with E-state index in [1.54, 1.807) is 18.3 Å². The Morgan fingerprint density at radius 1 is 1.23 bits per heavy atom. The van der Waals surface area contributed by atoms with Gasteiger partial charge in [0.25, 0.3) is 5.91 Å². The molecule has 2 unspecified atom stereocenters. The van der Waals surface area contributed by atoms with Gasteiger partial charge in [-0.15, -0.1) is 0 Å². The fourth-order valence-corrected chi connectivity index (χ4v) is 3.23. The quantitative estimate of drug-likeness (QED) is 0.818. The van der Waals surface area contributed by atoms with E-state index < -0.39 is 6.04 Å². The Balaban J connectivity index is 1.75. The van der Waals surface area contributed by atoms with Crippen LogP contribution in [0, 0.1) is 5.92 Å². The van der Waals surface area contributed by atoms with Crippen LogP contribution in [0.1, 0.15) is 22.3 Å². The molecule has 0 saturated carbocycles. The molecule has 6 heteroatoms. The lowest BCUT2D eigenvalue weighted by Gasteiger charge is -2.24. The second kappa shape index (κ2) is 8.58. The van der Waals surface area contributed by atoms with Crippen LogP contribution in [0.2, 0.25) is 0 Å². The first-order chi connectivity index (χ1) is 12.7. The minimum Gasteiger partial charge on any atom is -0.341 e. The van der Waals surface area contributed by atoms with Crippen LogP contribution in [0.15, 0.2) is 54.9 Å². The van der Waals surface area contributed by atoms with Gasteiger partial charge in [-0.3, -0.25) is 14.6 Å². The highest BCUT2D eigenvalue weighted by Crippen LogP contribution is 2.17. The van der Waals surface area contributed by atoms with Gasteiger partial charge in [0, 0.05) is 31.9 Å². The van der Waals surface area contributed by atoms with Crippen molar-refractivity contribution < 1.29 is 9.59 Å².